The van der Waals surface area contributed by atoms with Gasteiger partial charge in [0.25, 0.3) is 0 Å². The van der Waals surface area contributed by atoms with Crippen LogP contribution in [0, 0.1) is 25.2 Å². The van der Waals surface area contributed by atoms with Crippen molar-refractivity contribution in [2.24, 2.45) is 0 Å². The summed E-state index contributed by atoms with van der Waals surface area (Å²) in [4.78, 5) is 9.71. The molecule has 2 aromatic heterocycles. The smallest absolute Gasteiger partial charge is 0.157 e. The molecule has 1 fully saturated rings. The molecule has 0 radical (unpaired) electrons. The fourth-order valence-corrected chi connectivity index (χ4v) is 4.96. The largest absolute Gasteiger partial charge is 0.383 e. The van der Waals surface area contributed by atoms with Crippen LogP contribution in [0.3, 0.4) is 0 Å². The number of pyridine rings is 1. The molecule has 0 saturated carbocycles. The lowest BCUT2D eigenvalue weighted by atomic mass is 9.98. The van der Waals surface area contributed by atoms with Gasteiger partial charge in [-0.05, 0) is 50.5 Å². The van der Waals surface area contributed by atoms with Crippen molar-refractivity contribution in [1.82, 2.24) is 20.1 Å². The predicted molar refractivity (Wildman–Crippen MR) is 140 cm³/mol. The first-order valence-electron chi connectivity index (χ1n) is 12.3. The fraction of sp³-hybridized carbons (Fsp3) is 0.481. The van der Waals surface area contributed by atoms with Gasteiger partial charge in [0, 0.05) is 56.3 Å². The van der Waals surface area contributed by atoms with Gasteiger partial charge in [0.05, 0.1) is 30.0 Å². The van der Waals surface area contributed by atoms with Crippen molar-refractivity contribution in [3.8, 4) is 6.07 Å². The Labute approximate surface area is 207 Å². The highest BCUT2D eigenvalue weighted by molar-refractivity contribution is 5.94. The Morgan fingerprint density at radius 1 is 1.23 bits per heavy atom. The normalized spacial score (nSPS) is 17.4. The molecular weight excluding hydrogens is 438 g/mol. The minimum absolute atomic E-state index is 0.0334. The van der Waals surface area contributed by atoms with Crippen molar-refractivity contribution >= 4 is 22.4 Å². The van der Waals surface area contributed by atoms with Gasteiger partial charge in [-0.15, -0.1) is 5.10 Å². The van der Waals surface area contributed by atoms with E-state index >= 15 is 0 Å². The maximum absolute atomic E-state index is 9.42. The topological polar surface area (TPSA) is 90.2 Å². The summed E-state index contributed by atoms with van der Waals surface area (Å²) in [6.45, 7) is 12.9. The van der Waals surface area contributed by atoms with Crippen LogP contribution < -0.4 is 10.2 Å². The van der Waals surface area contributed by atoms with Crippen molar-refractivity contribution in [3.05, 3.63) is 52.8 Å². The van der Waals surface area contributed by atoms with Gasteiger partial charge in [0.15, 0.2) is 5.82 Å². The summed E-state index contributed by atoms with van der Waals surface area (Å²) in [6, 6.07) is 10.7. The summed E-state index contributed by atoms with van der Waals surface area (Å²) in [7, 11) is 1.76. The standard InChI is InChI=1S/C27H35N7O/c1-6-22-17-34(11-10-33(22)12-13-35-5)26-14-24-25(16-29-26)20(4)31-32-27(24)30-19(3)23-9-7-8-21(15-28)18(23)2/h7-9,14,16,19,22H,6,10-13,17H2,1-5H3,(H,30,32)/t19-,22-/m1/s1. The number of rotatable bonds is 8. The minimum atomic E-state index is -0.0334. The third-order valence-corrected chi connectivity index (χ3v) is 7.13. The molecule has 1 saturated heterocycles. The number of ether oxygens (including phenoxy) is 1. The van der Waals surface area contributed by atoms with Crippen LogP contribution in [0.25, 0.3) is 10.8 Å². The lowest BCUT2D eigenvalue weighted by molar-refractivity contribution is 0.109. The molecular formula is C27H35N7O. The highest BCUT2D eigenvalue weighted by Gasteiger charge is 2.26. The van der Waals surface area contributed by atoms with Crippen LogP contribution in [0.15, 0.2) is 30.5 Å². The maximum Gasteiger partial charge on any atom is 0.157 e. The second kappa shape index (κ2) is 11.0. The molecule has 4 rings (SSSR count). The number of hydrogen-bond donors (Lipinski definition) is 1. The van der Waals surface area contributed by atoms with Gasteiger partial charge in [0.2, 0.25) is 0 Å². The molecule has 3 heterocycles. The van der Waals surface area contributed by atoms with Crippen LogP contribution in [0.1, 0.15) is 48.7 Å². The lowest BCUT2D eigenvalue weighted by Crippen LogP contribution is -2.54. The van der Waals surface area contributed by atoms with E-state index in [0.29, 0.717) is 11.6 Å². The van der Waals surface area contributed by atoms with Crippen LogP contribution >= 0.6 is 0 Å². The molecule has 0 unspecified atom stereocenters. The molecule has 35 heavy (non-hydrogen) atoms. The van der Waals surface area contributed by atoms with E-state index in [2.05, 4.69) is 57.4 Å². The molecule has 2 atom stereocenters. The predicted octanol–water partition coefficient (Wildman–Crippen LogP) is 4.23. The Balaban J connectivity index is 1.62. The third-order valence-electron chi connectivity index (χ3n) is 7.13. The van der Waals surface area contributed by atoms with Gasteiger partial charge >= 0.3 is 0 Å². The number of nitrogens with one attached hydrogen (secondary N) is 1. The van der Waals surface area contributed by atoms with Gasteiger partial charge in [-0.2, -0.15) is 10.4 Å². The molecule has 3 aromatic rings. The Kier molecular flexibility index (Phi) is 7.79. The first-order valence-corrected chi connectivity index (χ1v) is 12.3. The first-order chi connectivity index (χ1) is 17.0. The van der Waals surface area contributed by atoms with E-state index in [1.165, 1.54) is 0 Å². The van der Waals surface area contributed by atoms with Crippen LogP contribution in [0.2, 0.25) is 0 Å². The second-order valence-corrected chi connectivity index (χ2v) is 9.26. The molecule has 184 valence electrons. The number of benzene rings is 1. The summed E-state index contributed by atoms with van der Waals surface area (Å²) in [5, 5.41) is 23.9. The molecule has 1 aliphatic heterocycles. The molecule has 0 spiro atoms. The van der Waals surface area contributed by atoms with Crippen molar-refractivity contribution in [2.75, 3.05) is 50.1 Å². The van der Waals surface area contributed by atoms with Gasteiger partial charge < -0.3 is 15.0 Å². The maximum atomic E-state index is 9.42. The summed E-state index contributed by atoms with van der Waals surface area (Å²) >= 11 is 0. The van der Waals surface area contributed by atoms with Gasteiger partial charge in [-0.1, -0.05) is 19.1 Å². The van der Waals surface area contributed by atoms with Crippen LogP contribution in [-0.2, 0) is 4.74 Å². The molecule has 0 bridgehead atoms. The number of nitrogens with zero attached hydrogens (tertiary/aromatic N) is 6. The SMILES string of the molecule is CC[C@@H]1CN(c2cc3c(N[C@H](C)c4cccc(C#N)c4C)nnc(C)c3cn2)CCN1CCOC. The summed E-state index contributed by atoms with van der Waals surface area (Å²) < 4.78 is 5.30. The quantitative estimate of drug-likeness (QED) is 0.520. The van der Waals surface area contributed by atoms with E-state index in [0.717, 1.165) is 78.4 Å². The number of aromatic nitrogens is 3. The van der Waals surface area contributed by atoms with Gasteiger partial charge in [-0.25, -0.2) is 4.98 Å². The van der Waals surface area contributed by atoms with E-state index in [4.69, 9.17) is 9.72 Å². The van der Waals surface area contributed by atoms with Crippen LogP contribution in [0.5, 0.6) is 0 Å². The molecule has 1 aromatic carbocycles. The Bertz CT molecular complexity index is 1220. The zero-order valence-electron chi connectivity index (χ0n) is 21.4. The van der Waals surface area contributed by atoms with Crippen LogP contribution in [-0.4, -0.2) is 66.0 Å². The molecule has 1 aliphatic rings. The first kappa shape index (κ1) is 24.8. The summed E-state index contributed by atoms with van der Waals surface area (Å²) in [5.74, 6) is 1.70. The van der Waals surface area contributed by atoms with E-state index in [1.54, 1.807) is 7.11 Å². The fourth-order valence-electron chi connectivity index (χ4n) is 4.96. The second-order valence-electron chi connectivity index (χ2n) is 9.26. The van der Waals surface area contributed by atoms with E-state index in [-0.39, 0.29) is 6.04 Å². The third kappa shape index (κ3) is 5.21. The Morgan fingerprint density at radius 3 is 2.80 bits per heavy atom. The molecule has 0 amide bonds. The van der Waals surface area contributed by atoms with E-state index in [9.17, 15) is 5.26 Å². The summed E-state index contributed by atoms with van der Waals surface area (Å²) in [6.07, 6.45) is 3.01. The highest BCUT2D eigenvalue weighted by Crippen LogP contribution is 2.30. The lowest BCUT2D eigenvalue weighted by Gasteiger charge is -2.41. The highest BCUT2D eigenvalue weighted by atomic mass is 16.5. The molecule has 0 aliphatic carbocycles. The number of piperazine rings is 1. The number of hydrogen-bond acceptors (Lipinski definition) is 8. The minimum Gasteiger partial charge on any atom is -0.383 e. The van der Waals surface area contributed by atoms with Crippen molar-refractivity contribution in [3.63, 3.8) is 0 Å². The molecule has 1 N–H and O–H groups in total. The van der Waals surface area contributed by atoms with Crippen molar-refractivity contribution < 1.29 is 4.74 Å². The number of anilines is 2. The zero-order valence-corrected chi connectivity index (χ0v) is 21.4. The van der Waals surface area contributed by atoms with Gasteiger partial charge in [-0.3, -0.25) is 4.90 Å². The molecule has 8 heteroatoms. The Hall–Kier alpha value is -3.28. The molecule has 8 nitrogen and oxygen atoms in total. The zero-order chi connectivity index (χ0) is 24.9. The van der Waals surface area contributed by atoms with Crippen molar-refractivity contribution in [2.45, 2.75) is 46.2 Å². The average molecular weight is 474 g/mol. The van der Waals surface area contributed by atoms with E-state index in [1.807, 2.05) is 32.2 Å². The number of fused-ring (bicyclic) bond motifs is 1. The van der Waals surface area contributed by atoms with E-state index < -0.39 is 0 Å². The van der Waals surface area contributed by atoms with Gasteiger partial charge in [0.1, 0.15) is 5.82 Å². The van der Waals surface area contributed by atoms with Crippen LogP contribution in [0.4, 0.5) is 11.6 Å². The number of methoxy groups -OCH3 is 1. The van der Waals surface area contributed by atoms with Crippen molar-refractivity contribution in [1.29, 1.82) is 5.26 Å². The monoisotopic (exact) mass is 473 g/mol. The summed E-state index contributed by atoms with van der Waals surface area (Å²) in [5.41, 5.74) is 3.61. The average Bonchev–Trinajstić information content (AvgIpc) is 2.88. The number of aryl methyl sites for hydroxylation is 1. The Morgan fingerprint density at radius 2 is 2.06 bits per heavy atom. The number of nitriles is 1.